The summed E-state index contributed by atoms with van der Waals surface area (Å²) in [6, 6.07) is 17.7. The molecular formula is C20H20N2O4S. The molecule has 0 heterocycles. The summed E-state index contributed by atoms with van der Waals surface area (Å²) >= 11 is 0. The summed E-state index contributed by atoms with van der Waals surface area (Å²) in [5.41, 5.74) is 0.699. The average Bonchev–Trinajstić information content (AvgIpc) is 2.68. The Morgan fingerprint density at radius 3 is 2.48 bits per heavy atom. The van der Waals surface area contributed by atoms with Gasteiger partial charge in [0.25, 0.3) is 10.0 Å². The van der Waals surface area contributed by atoms with Crippen molar-refractivity contribution in [2.24, 2.45) is 5.10 Å². The summed E-state index contributed by atoms with van der Waals surface area (Å²) in [7, 11) is -2.22. The first-order chi connectivity index (χ1) is 13.0. The average molecular weight is 384 g/mol. The predicted molar refractivity (Wildman–Crippen MR) is 106 cm³/mol. The molecule has 140 valence electrons. The number of ether oxygens (including phenoxy) is 2. The number of fused-ring (bicyclic) bond motifs is 1. The molecule has 0 aliphatic carbocycles. The van der Waals surface area contributed by atoms with E-state index in [-0.39, 0.29) is 4.90 Å². The third-order valence-electron chi connectivity index (χ3n) is 3.96. The van der Waals surface area contributed by atoms with Gasteiger partial charge in [0.05, 0.1) is 24.8 Å². The SMILES string of the molecule is CCOc1ccc(S(=O)(=O)N/N=C\c2c(OC)ccc3ccccc23)cc1. The van der Waals surface area contributed by atoms with Gasteiger partial charge in [-0.3, -0.25) is 0 Å². The van der Waals surface area contributed by atoms with Crippen LogP contribution in [0.25, 0.3) is 10.8 Å². The second kappa shape index (κ2) is 8.09. The number of hydrogen-bond donors (Lipinski definition) is 1. The number of hydrogen-bond acceptors (Lipinski definition) is 5. The van der Waals surface area contributed by atoms with Gasteiger partial charge in [0.2, 0.25) is 0 Å². The van der Waals surface area contributed by atoms with Crippen LogP contribution in [0.15, 0.2) is 70.7 Å². The van der Waals surface area contributed by atoms with Gasteiger partial charge in [-0.05, 0) is 48.0 Å². The van der Waals surface area contributed by atoms with Crippen LogP contribution in [-0.2, 0) is 10.0 Å². The van der Waals surface area contributed by atoms with Gasteiger partial charge in [-0.2, -0.15) is 13.5 Å². The molecule has 0 atom stereocenters. The van der Waals surface area contributed by atoms with Crippen LogP contribution in [-0.4, -0.2) is 28.3 Å². The molecular weight excluding hydrogens is 364 g/mol. The van der Waals surface area contributed by atoms with Crippen LogP contribution >= 0.6 is 0 Å². The van der Waals surface area contributed by atoms with Crippen molar-refractivity contribution in [1.82, 2.24) is 4.83 Å². The Morgan fingerprint density at radius 1 is 1.04 bits per heavy atom. The number of sulfonamides is 1. The predicted octanol–water partition coefficient (Wildman–Crippen LogP) is 3.56. The standard InChI is InChI=1S/C20H20N2O4S/c1-3-26-16-9-11-17(12-10-16)27(23,24)22-21-14-19-18-7-5-4-6-15(18)8-13-20(19)25-2/h4-14,22H,3H2,1-2H3/b21-14-. The quantitative estimate of drug-likeness (QED) is 0.499. The lowest BCUT2D eigenvalue weighted by molar-refractivity contribution is 0.340. The minimum Gasteiger partial charge on any atom is -0.496 e. The van der Waals surface area contributed by atoms with E-state index < -0.39 is 10.0 Å². The molecule has 1 N–H and O–H groups in total. The van der Waals surface area contributed by atoms with E-state index >= 15 is 0 Å². The van der Waals surface area contributed by atoms with Crippen molar-refractivity contribution in [2.45, 2.75) is 11.8 Å². The Labute approximate surface area is 158 Å². The molecule has 0 saturated heterocycles. The molecule has 7 heteroatoms. The van der Waals surface area contributed by atoms with Crippen LogP contribution in [0.4, 0.5) is 0 Å². The number of methoxy groups -OCH3 is 1. The summed E-state index contributed by atoms with van der Waals surface area (Å²) in [4.78, 5) is 2.34. The molecule has 0 saturated carbocycles. The zero-order chi connectivity index (χ0) is 19.3. The summed E-state index contributed by atoms with van der Waals surface area (Å²) in [6.07, 6.45) is 1.45. The van der Waals surface area contributed by atoms with E-state index in [1.807, 2.05) is 43.3 Å². The highest BCUT2D eigenvalue weighted by atomic mass is 32.2. The third-order valence-corrected chi connectivity index (χ3v) is 5.20. The molecule has 0 amide bonds. The molecule has 0 spiro atoms. The minimum absolute atomic E-state index is 0.105. The minimum atomic E-state index is -3.78. The highest BCUT2D eigenvalue weighted by Gasteiger charge is 2.13. The summed E-state index contributed by atoms with van der Waals surface area (Å²) < 4.78 is 35.5. The van der Waals surface area contributed by atoms with E-state index in [9.17, 15) is 8.42 Å². The largest absolute Gasteiger partial charge is 0.496 e. The van der Waals surface area contributed by atoms with Crippen molar-refractivity contribution in [2.75, 3.05) is 13.7 Å². The van der Waals surface area contributed by atoms with Gasteiger partial charge in [-0.25, -0.2) is 4.83 Å². The van der Waals surface area contributed by atoms with Crippen molar-refractivity contribution >= 4 is 27.0 Å². The van der Waals surface area contributed by atoms with E-state index in [2.05, 4.69) is 9.93 Å². The lowest BCUT2D eigenvalue weighted by Crippen LogP contribution is -2.18. The highest BCUT2D eigenvalue weighted by molar-refractivity contribution is 7.89. The van der Waals surface area contributed by atoms with Gasteiger partial charge in [0.15, 0.2) is 0 Å². The Balaban J connectivity index is 1.85. The molecule has 3 aromatic rings. The summed E-state index contributed by atoms with van der Waals surface area (Å²) in [5, 5.41) is 5.86. The van der Waals surface area contributed by atoms with Crippen LogP contribution in [0.2, 0.25) is 0 Å². The van der Waals surface area contributed by atoms with Gasteiger partial charge >= 0.3 is 0 Å². The molecule has 0 radical (unpaired) electrons. The van der Waals surface area contributed by atoms with E-state index in [1.165, 1.54) is 18.3 Å². The number of hydrazone groups is 1. The molecule has 3 aromatic carbocycles. The normalized spacial score (nSPS) is 11.6. The Kier molecular flexibility index (Phi) is 5.61. The maximum absolute atomic E-state index is 12.4. The van der Waals surface area contributed by atoms with Gasteiger partial charge in [0.1, 0.15) is 11.5 Å². The second-order valence-corrected chi connectivity index (χ2v) is 7.32. The monoisotopic (exact) mass is 384 g/mol. The fourth-order valence-corrected chi connectivity index (χ4v) is 3.47. The molecule has 27 heavy (non-hydrogen) atoms. The fraction of sp³-hybridized carbons (Fsp3) is 0.150. The fourth-order valence-electron chi connectivity index (χ4n) is 2.68. The van der Waals surface area contributed by atoms with Gasteiger partial charge in [-0.15, -0.1) is 0 Å². The summed E-state index contributed by atoms with van der Waals surface area (Å²) in [6.45, 7) is 2.38. The molecule has 0 bridgehead atoms. The van der Waals surface area contributed by atoms with E-state index in [0.29, 0.717) is 23.7 Å². The van der Waals surface area contributed by atoms with Crippen LogP contribution in [0.5, 0.6) is 11.5 Å². The topological polar surface area (TPSA) is 77.0 Å². The Hall–Kier alpha value is -3.06. The van der Waals surface area contributed by atoms with Crippen LogP contribution in [0.1, 0.15) is 12.5 Å². The molecule has 0 unspecified atom stereocenters. The van der Waals surface area contributed by atoms with E-state index in [4.69, 9.17) is 9.47 Å². The van der Waals surface area contributed by atoms with Crippen molar-refractivity contribution < 1.29 is 17.9 Å². The zero-order valence-electron chi connectivity index (χ0n) is 15.0. The van der Waals surface area contributed by atoms with Crippen molar-refractivity contribution in [1.29, 1.82) is 0 Å². The van der Waals surface area contributed by atoms with Gasteiger partial charge in [0, 0.05) is 5.56 Å². The van der Waals surface area contributed by atoms with Crippen molar-refractivity contribution in [3.05, 3.63) is 66.2 Å². The van der Waals surface area contributed by atoms with Gasteiger partial charge in [-0.1, -0.05) is 30.3 Å². The number of benzene rings is 3. The molecule has 0 aliphatic heterocycles. The molecule has 0 fully saturated rings. The van der Waals surface area contributed by atoms with E-state index in [0.717, 1.165) is 10.8 Å². The first-order valence-electron chi connectivity index (χ1n) is 8.38. The maximum Gasteiger partial charge on any atom is 0.276 e. The van der Waals surface area contributed by atoms with E-state index in [1.54, 1.807) is 19.2 Å². The number of nitrogens with one attached hydrogen (secondary N) is 1. The molecule has 0 aromatic heterocycles. The summed E-state index contributed by atoms with van der Waals surface area (Å²) in [5.74, 6) is 1.22. The van der Waals surface area contributed by atoms with Crippen LogP contribution < -0.4 is 14.3 Å². The van der Waals surface area contributed by atoms with Crippen molar-refractivity contribution in [3.8, 4) is 11.5 Å². The molecule has 0 aliphatic rings. The first-order valence-corrected chi connectivity index (χ1v) is 9.87. The lowest BCUT2D eigenvalue weighted by Gasteiger charge is -2.09. The number of rotatable bonds is 7. The highest BCUT2D eigenvalue weighted by Crippen LogP contribution is 2.26. The maximum atomic E-state index is 12.4. The zero-order valence-corrected chi connectivity index (χ0v) is 15.9. The number of nitrogens with zero attached hydrogens (tertiary/aromatic N) is 1. The molecule has 6 nitrogen and oxygen atoms in total. The molecule has 3 rings (SSSR count). The van der Waals surface area contributed by atoms with Gasteiger partial charge < -0.3 is 9.47 Å². The Bertz CT molecular complexity index is 1060. The van der Waals surface area contributed by atoms with Crippen LogP contribution in [0.3, 0.4) is 0 Å². The smallest absolute Gasteiger partial charge is 0.276 e. The van der Waals surface area contributed by atoms with Crippen LogP contribution in [0, 0.1) is 0 Å². The lowest BCUT2D eigenvalue weighted by atomic mass is 10.0. The van der Waals surface area contributed by atoms with Crippen molar-refractivity contribution in [3.63, 3.8) is 0 Å². The second-order valence-electron chi connectivity index (χ2n) is 5.66. The first kappa shape index (κ1) is 18.7. The Morgan fingerprint density at radius 2 is 1.78 bits per heavy atom. The third kappa shape index (κ3) is 4.20.